The quantitative estimate of drug-likeness (QED) is 0.408. The highest BCUT2D eigenvalue weighted by atomic mass is 16.6. The summed E-state index contributed by atoms with van der Waals surface area (Å²) in [4.78, 5) is 16.3. The highest BCUT2D eigenvalue weighted by Crippen LogP contribution is 2.39. The minimum absolute atomic E-state index is 0.0940. The predicted molar refractivity (Wildman–Crippen MR) is 112 cm³/mol. The van der Waals surface area contributed by atoms with Crippen LogP contribution in [-0.2, 0) is 4.74 Å². The molecule has 1 aromatic carbocycles. The lowest BCUT2D eigenvalue weighted by molar-refractivity contribution is 0.0529. The van der Waals surface area contributed by atoms with Crippen LogP contribution in [0.2, 0.25) is 0 Å². The van der Waals surface area contributed by atoms with Gasteiger partial charge >= 0.3 is 6.09 Å². The SMILES string of the molecule is CCNC(=NCCNC(=O)OC(C)(C)C)NC1CC(C)(C)Oc2ccccc21. The number of rotatable bonds is 5. The first kappa shape index (κ1) is 21.9. The van der Waals surface area contributed by atoms with Crippen molar-refractivity contribution in [3.8, 4) is 5.75 Å². The van der Waals surface area contributed by atoms with Crippen LogP contribution in [0.25, 0.3) is 0 Å². The number of nitrogens with zero attached hydrogens (tertiary/aromatic N) is 1. The van der Waals surface area contributed by atoms with Crippen molar-refractivity contribution in [2.75, 3.05) is 19.6 Å². The monoisotopic (exact) mass is 390 g/mol. The summed E-state index contributed by atoms with van der Waals surface area (Å²) in [6.45, 7) is 13.3. The number of para-hydroxylation sites is 1. The van der Waals surface area contributed by atoms with Crippen LogP contribution in [0.1, 0.15) is 59.6 Å². The van der Waals surface area contributed by atoms with Crippen molar-refractivity contribution in [2.24, 2.45) is 4.99 Å². The predicted octanol–water partition coefficient (Wildman–Crippen LogP) is 3.37. The first-order valence-corrected chi connectivity index (χ1v) is 9.89. The molecule has 0 saturated carbocycles. The second-order valence-electron chi connectivity index (χ2n) is 8.49. The van der Waals surface area contributed by atoms with E-state index in [0.717, 1.165) is 24.3 Å². The van der Waals surface area contributed by atoms with Crippen LogP contribution >= 0.6 is 0 Å². The molecule has 2 rings (SSSR count). The van der Waals surface area contributed by atoms with E-state index in [1.807, 2.05) is 45.9 Å². The van der Waals surface area contributed by atoms with Gasteiger partial charge in [-0.1, -0.05) is 18.2 Å². The molecule has 1 unspecified atom stereocenters. The fourth-order valence-electron chi connectivity index (χ4n) is 3.06. The number of amides is 1. The molecule has 28 heavy (non-hydrogen) atoms. The largest absolute Gasteiger partial charge is 0.487 e. The van der Waals surface area contributed by atoms with Crippen molar-refractivity contribution in [2.45, 2.75) is 65.2 Å². The van der Waals surface area contributed by atoms with Crippen molar-refractivity contribution >= 4 is 12.1 Å². The fraction of sp³-hybridized carbons (Fsp3) is 0.619. The molecule has 156 valence electrons. The molecule has 1 aliphatic rings. The average Bonchev–Trinajstić information content (AvgIpc) is 2.56. The molecule has 7 heteroatoms. The van der Waals surface area contributed by atoms with Gasteiger partial charge in [-0.25, -0.2) is 4.79 Å². The van der Waals surface area contributed by atoms with Crippen molar-refractivity contribution < 1.29 is 14.3 Å². The van der Waals surface area contributed by atoms with Crippen LogP contribution in [0, 0.1) is 0 Å². The van der Waals surface area contributed by atoms with Gasteiger partial charge in [-0.3, -0.25) is 4.99 Å². The van der Waals surface area contributed by atoms with Gasteiger partial charge in [0.1, 0.15) is 17.0 Å². The molecule has 1 heterocycles. The number of benzene rings is 1. The average molecular weight is 391 g/mol. The highest BCUT2D eigenvalue weighted by molar-refractivity contribution is 5.80. The standard InChI is InChI=1S/C21H34N4O3/c1-7-22-18(23-12-13-24-19(26)28-20(2,3)4)25-16-14-21(5,6)27-17-11-9-8-10-15(16)17/h8-11,16H,7,12-14H2,1-6H3,(H,24,26)(H2,22,23,25). The van der Waals surface area contributed by atoms with Gasteiger partial charge in [0.05, 0.1) is 12.6 Å². The minimum Gasteiger partial charge on any atom is -0.487 e. The second-order valence-corrected chi connectivity index (χ2v) is 8.49. The van der Waals surface area contributed by atoms with Gasteiger partial charge in [0.25, 0.3) is 0 Å². The molecular formula is C21H34N4O3. The Hall–Kier alpha value is -2.44. The normalized spacial score (nSPS) is 18.5. The molecule has 0 bridgehead atoms. The van der Waals surface area contributed by atoms with E-state index >= 15 is 0 Å². The van der Waals surface area contributed by atoms with Crippen LogP contribution in [0.5, 0.6) is 5.75 Å². The number of nitrogens with one attached hydrogen (secondary N) is 3. The Kier molecular flexibility index (Phi) is 7.16. The van der Waals surface area contributed by atoms with Crippen molar-refractivity contribution in [3.05, 3.63) is 29.8 Å². The van der Waals surface area contributed by atoms with Crippen LogP contribution in [-0.4, -0.2) is 42.9 Å². The van der Waals surface area contributed by atoms with Gasteiger partial charge in [-0.05, 0) is 47.6 Å². The molecule has 1 atom stereocenters. The van der Waals surface area contributed by atoms with E-state index in [9.17, 15) is 4.79 Å². The molecule has 0 fully saturated rings. The summed E-state index contributed by atoms with van der Waals surface area (Å²) in [6.07, 6.45) is 0.394. The van der Waals surface area contributed by atoms with E-state index < -0.39 is 11.7 Å². The first-order chi connectivity index (χ1) is 13.1. The third kappa shape index (κ3) is 6.94. The molecule has 0 aromatic heterocycles. The maximum Gasteiger partial charge on any atom is 0.407 e. The summed E-state index contributed by atoms with van der Waals surface area (Å²) >= 11 is 0. The Morgan fingerprint density at radius 1 is 1.29 bits per heavy atom. The maximum atomic E-state index is 11.7. The molecule has 7 nitrogen and oxygen atoms in total. The smallest absolute Gasteiger partial charge is 0.407 e. The molecule has 0 aliphatic carbocycles. The number of alkyl carbamates (subject to hydrolysis) is 1. The minimum atomic E-state index is -0.507. The summed E-state index contributed by atoms with van der Waals surface area (Å²) in [5.41, 5.74) is 0.355. The van der Waals surface area contributed by atoms with Crippen molar-refractivity contribution in [1.82, 2.24) is 16.0 Å². The Morgan fingerprint density at radius 2 is 2.00 bits per heavy atom. The Morgan fingerprint density at radius 3 is 2.68 bits per heavy atom. The summed E-state index contributed by atoms with van der Waals surface area (Å²) in [7, 11) is 0. The number of carbonyl (C=O) groups is 1. The molecule has 0 spiro atoms. The number of fused-ring (bicyclic) bond motifs is 1. The van der Waals surface area contributed by atoms with Crippen LogP contribution in [0.3, 0.4) is 0 Å². The van der Waals surface area contributed by atoms with Crippen LogP contribution in [0.4, 0.5) is 4.79 Å². The van der Waals surface area contributed by atoms with E-state index in [0.29, 0.717) is 19.0 Å². The van der Waals surface area contributed by atoms with E-state index in [-0.39, 0.29) is 11.6 Å². The third-order valence-electron chi connectivity index (χ3n) is 4.08. The van der Waals surface area contributed by atoms with Gasteiger partial charge < -0.3 is 25.4 Å². The zero-order valence-corrected chi connectivity index (χ0v) is 17.9. The lowest BCUT2D eigenvalue weighted by Crippen LogP contribution is -2.45. The van der Waals surface area contributed by atoms with Crippen LogP contribution in [0.15, 0.2) is 29.3 Å². The number of hydrogen-bond acceptors (Lipinski definition) is 4. The summed E-state index contributed by atoms with van der Waals surface area (Å²) in [6, 6.07) is 8.18. The molecule has 1 aliphatic heterocycles. The topological polar surface area (TPSA) is 84.0 Å². The lowest BCUT2D eigenvalue weighted by atomic mass is 9.90. The number of ether oxygens (including phenoxy) is 2. The maximum absolute atomic E-state index is 11.7. The molecule has 1 amide bonds. The fourth-order valence-corrected chi connectivity index (χ4v) is 3.06. The lowest BCUT2D eigenvalue weighted by Gasteiger charge is -2.38. The zero-order valence-electron chi connectivity index (χ0n) is 17.9. The van der Waals surface area contributed by atoms with Crippen LogP contribution < -0.4 is 20.7 Å². The van der Waals surface area contributed by atoms with Crippen molar-refractivity contribution in [3.63, 3.8) is 0 Å². The van der Waals surface area contributed by atoms with Gasteiger partial charge in [0.2, 0.25) is 0 Å². The first-order valence-electron chi connectivity index (χ1n) is 9.89. The summed E-state index contributed by atoms with van der Waals surface area (Å²) in [5, 5.41) is 9.50. The van der Waals surface area contributed by atoms with E-state index in [4.69, 9.17) is 9.47 Å². The Bertz CT molecular complexity index is 695. The third-order valence-corrected chi connectivity index (χ3v) is 4.08. The summed E-state index contributed by atoms with van der Waals surface area (Å²) in [5.74, 6) is 1.62. The van der Waals surface area contributed by atoms with E-state index in [2.05, 4.69) is 40.9 Å². The second kappa shape index (κ2) is 9.17. The number of hydrogen-bond donors (Lipinski definition) is 3. The molecule has 0 saturated heterocycles. The number of aliphatic imine (C=N–C) groups is 1. The van der Waals surface area contributed by atoms with Gasteiger partial charge in [0, 0.05) is 25.1 Å². The van der Waals surface area contributed by atoms with Gasteiger partial charge in [0.15, 0.2) is 5.96 Å². The zero-order chi connectivity index (χ0) is 20.8. The number of guanidine groups is 1. The van der Waals surface area contributed by atoms with Gasteiger partial charge in [-0.15, -0.1) is 0 Å². The molecule has 3 N–H and O–H groups in total. The van der Waals surface area contributed by atoms with Gasteiger partial charge in [-0.2, -0.15) is 0 Å². The highest BCUT2D eigenvalue weighted by Gasteiger charge is 2.33. The Balaban J connectivity index is 1.98. The number of carbonyl (C=O) groups excluding carboxylic acids is 1. The van der Waals surface area contributed by atoms with Crippen molar-refractivity contribution in [1.29, 1.82) is 0 Å². The molecule has 1 aromatic rings. The van der Waals surface area contributed by atoms with E-state index in [1.54, 1.807) is 0 Å². The van der Waals surface area contributed by atoms with E-state index in [1.165, 1.54) is 0 Å². The molecule has 0 radical (unpaired) electrons. The molecular weight excluding hydrogens is 356 g/mol. The summed E-state index contributed by atoms with van der Waals surface area (Å²) < 4.78 is 11.3. The Labute approximate surface area is 168 Å².